The molecule has 0 radical (unpaired) electrons. The Labute approximate surface area is 137 Å². The van der Waals surface area contributed by atoms with E-state index in [0.717, 1.165) is 27.0 Å². The first-order chi connectivity index (χ1) is 10.0. The van der Waals surface area contributed by atoms with Crippen molar-refractivity contribution in [2.24, 2.45) is 0 Å². The fourth-order valence-electron chi connectivity index (χ4n) is 2.72. The molecule has 0 fully saturated rings. The van der Waals surface area contributed by atoms with Crippen molar-refractivity contribution in [1.82, 2.24) is 9.55 Å². The topological polar surface area (TPSA) is 17.8 Å². The third-order valence-electron chi connectivity index (χ3n) is 3.76. The van der Waals surface area contributed by atoms with Crippen molar-refractivity contribution >= 4 is 38.6 Å². The lowest BCUT2D eigenvalue weighted by atomic mass is 10.1. The van der Waals surface area contributed by atoms with Crippen molar-refractivity contribution < 1.29 is 0 Å². The molecule has 0 bridgehead atoms. The molecule has 108 valence electrons. The van der Waals surface area contributed by atoms with E-state index in [1.54, 1.807) is 0 Å². The number of imidazole rings is 1. The number of alkyl halides is 1. The molecule has 0 aliphatic rings. The number of halogens is 2. The predicted molar refractivity (Wildman–Crippen MR) is 92.5 cm³/mol. The highest BCUT2D eigenvalue weighted by Crippen LogP contribution is 2.29. The van der Waals surface area contributed by atoms with Crippen molar-refractivity contribution in [2.75, 3.05) is 0 Å². The van der Waals surface area contributed by atoms with Crippen LogP contribution in [0.4, 0.5) is 0 Å². The first-order valence-electron chi connectivity index (χ1n) is 6.83. The van der Waals surface area contributed by atoms with E-state index in [2.05, 4.69) is 71.6 Å². The minimum atomic E-state index is 0.391. The van der Waals surface area contributed by atoms with E-state index in [1.165, 1.54) is 16.7 Å². The fraction of sp³-hybridized carbons (Fsp3) is 0.235. The van der Waals surface area contributed by atoms with Gasteiger partial charge in [-0.2, -0.15) is 0 Å². The number of nitrogens with zero attached hydrogens (tertiary/aromatic N) is 2. The zero-order valence-electron chi connectivity index (χ0n) is 12.2. The van der Waals surface area contributed by atoms with Gasteiger partial charge < -0.3 is 0 Å². The molecule has 0 unspecified atom stereocenters. The van der Waals surface area contributed by atoms with Crippen LogP contribution < -0.4 is 0 Å². The van der Waals surface area contributed by atoms with Crippen LogP contribution in [-0.4, -0.2) is 9.55 Å². The molecule has 3 rings (SSSR count). The lowest BCUT2D eigenvalue weighted by Crippen LogP contribution is -2.01. The summed E-state index contributed by atoms with van der Waals surface area (Å²) in [5.41, 5.74) is 6.82. The molecular formula is C17H16BrClN2. The molecule has 3 aromatic rings. The molecule has 0 saturated heterocycles. The number of para-hydroxylation sites is 1. The molecule has 0 aliphatic carbocycles. The molecule has 2 nitrogen and oxygen atoms in total. The molecule has 0 saturated carbocycles. The highest BCUT2D eigenvalue weighted by Gasteiger charge is 2.14. The number of hydrogen-bond donors (Lipinski definition) is 0. The van der Waals surface area contributed by atoms with Gasteiger partial charge in [0.1, 0.15) is 5.82 Å². The van der Waals surface area contributed by atoms with E-state index in [1.807, 2.05) is 0 Å². The van der Waals surface area contributed by atoms with Crippen LogP contribution >= 0.6 is 27.5 Å². The van der Waals surface area contributed by atoms with Crippen LogP contribution in [0.5, 0.6) is 0 Å². The predicted octanol–water partition coefficient (Wildman–Crippen LogP) is 5.45. The van der Waals surface area contributed by atoms with E-state index in [-0.39, 0.29) is 0 Å². The highest BCUT2D eigenvalue weighted by molar-refractivity contribution is 9.10. The zero-order chi connectivity index (χ0) is 15.1. The van der Waals surface area contributed by atoms with Crippen molar-refractivity contribution in [3.05, 3.63) is 57.3 Å². The number of aromatic nitrogens is 2. The van der Waals surface area contributed by atoms with E-state index in [9.17, 15) is 0 Å². The molecule has 0 atom stereocenters. The molecule has 4 heteroatoms. The Morgan fingerprint density at radius 2 is 1.76 bits per heavy atom. The van der Waals surface area contributed by atoms with Crippen molar-refractivity contribution in [2.45, 2.75) is 26.7 Å². The average Bonchev–Trinajstić information content (AvgIpc) is 2.84. The first-order valence-corrected chi connectivity index (χ1v) is 8.15. The van der Waals surface area contributed by atoms with E-state index in [0.29, 0.717) is 5.88 Å². The van der Waals surface area contributed by atoms with Crippen LogP contribution in [0.2, 0.25) is 0 Å². The Kier molecular flexibility index (Phi) is 3.80. The van der Waals surface area contributed by atoms with Gasteiger partial charge in [-0.05, 0) is 55.7 Å². The Morgan fingerprint density at radius 1 is 1.10 bits per heavy atom. The number of rotatable bonds is 2. The normalized spacial score (nSPS) is 11.3. The standard InChI is InChI=1S/C17H16BrClN2/c1-10-5-4-6-14-17(10)20-15(9-19)21(14)13-7-11(2)16(18)12(3)8-13/h4-8H,9H2,1-3H3. The molecule has 0 amide bonds. The number of benzene rings is 2. The van der Waals surface area contributed by atoms with Crippen LogP contribution in [-0.2, 0) is 5.88 Å². The SMILES string of the molecule is Cc1cc(-n2c(CCl)nc3c(C)cccc32)cc(C)c1Br. The van der Waals surface area contributed by atoms with Crippen LogP contribution in [0.25, 0.3) is 16.7 Å². The van der Waals surface area contributed by atoms with Crippen molar-refractivity contribution in [3.63, 3.8) is 0 Å². The molecule has 1 aromatic heterocycles. The van der Waals surface area contributed by atoms with Gasteiger partial charge in [-0.15, -0.1) is 11.6 Å². The van der Waals surface area contributed by atoms with Gasteiger partial charge in [0.15, 0.2) is 0 Å². The van der Waals surface area contributed by atoms with Crippen LogP contribution in [0.3, 0.4) is 0 Å². The van der Waals surface area contributed by atoms with E-state index < -0.39 is 0 Å². The second-order valence-electron chi connectivity index (χ2n) is 5.33. The maximum atomic E-state index is 6.12. The highest BCUT2D eigenvalue weighted by atomic mass is 79.9. The van der Waals surface area contributed by atoms with E-state index in [4.69, 9.17) is 16.6 Å². The quantitative estimate of drug-likeness (QED) is 0.553. The molecule has 1 heterocycles. The van der Waals surface area contributed by atoms with Gasteiger partial charge in [0.05, 0.1) is 16.9 Å². The molecular weight excluding hydrogens is 348 g/mol. The Morgan fingerprint density at radius 3 is 2.38 bits per heavy atom. The first kappa shape index (κ1) is 14.6. The second kappa shape index (κ2) is 5.47. The van der Waals surface area contributed by atoms with Gasteiger partial charge in [-0.25, -0.2) is 4.98 Å². The van der Waals surface area contributed by atoms with Crippen molar-refractivity contribution in [1.29, 1.82) is 0 Å². The summed E-state index contributed by atoms with van der Waals surface area (Å²) in [4.78, 5) is 4.71. The maximum absolute atomic E-state index is 6.12. The van der Waals surface area contributed by atoms with Gasteiger partial charge in [-0.1, -0.05) is 28.1 Å². The smallest absolute Gasteiger partial charge is 0.129 e. The lowest BCUT2D eigenvalue weighted by Gasteiger charge is -2.12. The summed E-state index contributed by atoms with van der Waals surface area (Å²) in [6.07, 6.45) is 0. The van der Waals surface area contributed by atoms with Crippen LogP contribution in [0.1, 0.15) is 22.5 Å². The summed E-state index contributed by atoms with van der Waals surface area (Å²) in [5, 5.41) is 0. The summed E-state index contributed by atoms with van der Waals surface area (Å²) >= 11 is 9.75. The minimum absolute atomic E-state index is 0.391. The van der Waals surface area contributed by atoms with Crippen LogP contribution in [0.15, 0.2) is 34.8 Å². The van der Waals surface area contributed by atoms with Gasteiger partial charge in [0.25, 0.3) is 0 Å². The van der Waals surface area contributed by atoms with Gasteiger partial charge in [-0.3, -0.25) is 4.57 Å². The molecule has 21 heavy (non-hydrogen) atoms. The summed E-state index contributed by atoms with van der Waals surface area (Å²) in [6.45, 7) is 6.28. The third kappa shape index (κ3) is 2.39. The molecule has 0 aliphatic heterocycles. The summed E-state index contributed by atoms with van der Waals surface area (Å²) in [7, 11) is 0. The number of fused-ring (bicyclic) bond motifs is 1. The lowest BCUT2D eigenvalue weighted by molar-refractivity contribution is 0.976. The van der Waals surface area contributed by atoms with Gasteiger partial charge in [0, 0.05) is 10.2 Å². The van der Waals surface area contributed by atoms with Crippen LogP contribution in [0, 0.1) is 20.8 Å². The molecule has 2 aromatic carbocycles. The molecule has 0 N–H and O–H groups in total. The monoisotopic (exact) mass is 362 g/mol. The fourth-order valence-corrected chi connectivity index (χ4v) is 3.13. The number of aryl methyl sites for hydroxylation is 3. The minimum Gasteiger partial charge on any atom is -0.295 e. The second-order valence-corrected chi connectivity index (χ2v) is 6.39. The maximum Gasteiger partial charge on any atom is 0.129 e. The molecule has 0 spiro atoms. The van der Waals surface area contributed by atoms with Gasteiger partial charge in [0.2, 0.25) is 0 Å². The summed E-state index contributed by atoms with van der Waals surface area (Å²) < 4.78 is 3.31. The van der Waals surface area contributed by atoms with Gasteiger partial charge >= 0.3 is 0 Å². The summed E-state index contributed by atoms with van der Waals surface area (Å²) in [6, 6.07) is 10.6. The van der Waals surface area contributed by atoms with E-state index >= 15 is 0 Å². The Bertz CT molecular complexity index is 813. The average molecular weight is 364 g/mol. The zero-order valence-corrected chi connectivity index (χ0v) is 14.6. The number of hydrogen-bond acceptors (Lipinski definition) is 1. The van der Waals surface area contributed by atoms with Crippen molar-refractivity contribution in [3.8, 4) is 5.69 Å². The summed E-state index contributed by atoms with van der Waals surface area (Å²) in [5.74, 6) is 1.27. The largest absolute Gasteiger partial charge is 0.295 e. The third-order valence-corrected chi connectivity index (χ3v) is 5.25. The Hall–Kier alpha value is -1.32. The Balaban J connectivity index is 2.36.